The first-order valence-electron chi connectivity index (χ1n) is 1.73. The van der Waals surface area contributed by atoms with E-state index in [0.717, 1.165) is 0 Å². The van der Waals surface area contributed by atoms with E-state index < -0.39 is 7.82 Å². The average Bonchev–Trinajstić information content (AvgIpc) is 1.36. The summed E-state index contributed by atoms with van der Waals surface area (Å²) in [6, 6.07) is 0. The van der Waals surface area contributed by atoms with Gasteiger partial charge in [0.2, 0.25) is 0 Å². The van der Waals surface area contributed by atoms with E-state index in [9.17, 15) is 0 Å². The Balaban J connectivity index is -0.0000000154. The first-order chi connectivity index (χ1) is 3.00. The predicted octanol–water partition coefficient (Wildman–Crippen LogP) is -11.6. The summed E-state index contributed by atoms with van der Waals surface area (Å²) in [5.41, 5.74) is 0. The van der Waals surface area contributed by atoms with Crippen LogP contribution in [0.4, 0.5) is 0 Å². The fourth-order valence-corrected chi connectivity index (χ4v) is 0. The third kappa shape index (κ3) is 88.5. The van der Waals surface area contributed by atoms with Gasteiger partial charge in [-0.2, -0.15) is 7.82 Å². The van der Waals surface area contributed by atoms with Gasteiger partial charge in [-0.25, -0.2) is 0 Å². The van der Waals surface area contributed by atoms with E-state index in [1.807, 2.05) is 0 Å². The number of hydrogen-bond donors (Lipinski definition) is 0. The van der Waals surface area contributed by atoms with E-state index in [0.29, 0.717) is 0 Å². The minimum atomic E-state index is -5.39. The first-order valence-corrected chi connectivity index (χ1v) is 5.19. The second-order valence-corrected chi connectivity index (χ2v) is 1.34. The van der Waals surface area contributed by atoms with Crippen LogP contribution in [0.15, 0.2) is 0 Å². The zero-order valence-corrected chi connectivity index (χ0v) is 16.0. The Labute approximate surface area is 144 Å². The largest absolute Gasteiger partial charge is 1.00 e. The molecule has 0 aliphatic carbocycles. The molecule has 40 valence electrons. The van der Waals surface area contributed by atoms with Gasteiger partial charge in [-0.15, -0.1) is 0 Å². The Morgan fingerprint density at radius 2 is 1.00 bits per heavy atom. The maximum Gasteiger partial charge on any atom is 1.00 e. The Hall–Kier alpha value is 4.11. The van der Waals surface area contributed by atoms with Crippen LogP contribution in [0.3, 0.4) is 0 Å². The van der Waals surface area contributed by atoms with Crippen LogP contribution < -0.4 is 103 Å². The van der Waals surface area contributed by atoms with Crippen molar-refractivity contribution in [3.8, 4) is 0 Å². The van der Waals surface area contributed by atoms with E-state index in [1.54, 1.807) is 0 Å². The van der Waals surface area contributed by atoms with Crippen LogP contribution in [0.5, 0.6) is 0 Å². The van der Waals surface area contributed by atoms with Gasteiger partial charge in [0.05, 0.1) is 0 Å². The summed E-state index contributed by atoms with van der Waals surface area (Å²) in [7, 11) is -5.39. The summed E-state index contributed by atoms with van der Waals surface area (Å²) >= 11 is 1.31. The quantitative estimate of drug-likeness (QED) is 0.288. The molecule has 0 saturated carbocycles. The van der Waals surface area contributed by atoms with E-state index in [4.69, 9.17) is 19.2 Å². The Bertz CT molecular complexity index is 63.4. The molecule has 0 radical (unpaired) electrons. The van der Waals surface area contributed by atoms with Crippen molar-refractivity contribution in [2.75, 3.05) is 0 Å². The molecule has 0 aliphatic heterocycles. The molecule has 0 unspecified atom stereocenters. The Morgan fingerprint density at radius 1 is 1.00 bits per heavy atom. The Morgan fingerprint density at radius 3 is 1.00 bits per heavy atom. The standard InChI is InChI=1S/CH3.4Na.H3O4P/c;;;;;1-5(2,3)4/h1H3;;;;;(H3,1,2,3,4)/q;;3*+1;/p-3. The predicted molar refractivity (Wildman–Crippen MR) is 19.2 cm³/mol. The van der Waals surface area contributed by atoms with Crippen molar-refractivity contribution in [1.82, 2.24) is 0 Å². The zero-order valence-electron chi connectivity index (χ0n) is 7.08. The molecule has 0 fully saturated rings. The maximum atomic E-state index is 8.55. The fourth-order valence-electron chi connectivity index (χ4n) is 0. The van der Waals surface area contributed by atoms with Crippen molar-refractivity contribution in [1.29, 1.82) is 0 Å². The smallest absolute Gasteiger partial charge is 1.00 e. The second kappa shape index (κ2) is 18.8. The van der Waals surface area contributed by atoms with Gasteiger partial charge in [0.15, 0.2) is 0 Å². The summed E-state index contributed by atoms with van der Waals surface area (Å²) in [4.78, 5) is 25.6. The topological polar surface area (TPSA) is 86.2 Å². The van der Waals surface area contributed by atoms with Crippen LogP contribution in [0, 0.1) is 0 Å². The Kier molecular flexibility index (Phi) is 55.0. The molecule has 0 aromatic heterocycles. The molecule has 0 saturated heterocycles. The molecule has 0 amide bonds. The van der Waals surface area contributed by atoms with Gasteiger partial charge in [0.1, 0.15) is 0 Å². The molecule has 0 aromatic carbocycles. The van der Waals surface area contributed by atoms with E-state index >= 15 is 0 Å². The van der Waals surface area contributed by atoms with Gasteiger partial charge < -0.3 is 19.2 Å². The normalized spacial score (nSPS) is 6.60. The third-order valence-electron chi connectivity index (χ3n) is 0. The van der Waals surface area contributed by atoms with Crippen molar-refractivity contribution in [2.24, 2.45) is 0 Å². The van der Waals surface area contributed by atoms with Gasteiger partial charge in [-0.1, -0.05) is 0 Å². The van der Waals surface area contributed by atoms with Crippen LogP contribution in [0.1, 0.15) is 0 Å². The summed E-state index contributed by atoms with van der Waals surface area (Å²) in [5.74, 6) is 0. The van der Waals surface area contributed by atoms with E-state index in [1.165, 1.54) is 27.9 Å². The molecule has 0 heterocycles. The van der Waals surface area contributed by atoms with Crippen LogP contribution in [0.2, 0.25) is 4.17 Å². The molecule has 0 bridgehead atoms. The summed E-state index contributed by atoms with van der Waals surface area (Å²) in [6.45, 7) is 0. The van der Waals surface area contributed by atoms with Crippen molar-refractivity contribution in [3.63, 3.8) is 0 Å². The number of rotatable bonds is 0. The average molecular weight is 202 g/mol. The monoisotopic (exact) mass is 202 g/mol. The van der Waals surface area contributed by atoms with E-state index in [2.05, 4.69) is 4.17 Å². The van der Waals surface area contributed by atoms with Crippen LogP contribution in [-0.2, 0) is 4.57 Å². The molecule has 0 aliphatic rings. The molecule has 0 atom stereocenters. The van der Waals surface area contributed by atoms with Crippen LogP contribution >= 0.6 is 7.82 Å². The zero-order chi connectivity index (χ0) is 6.50. The van der Waals surface area contributed by atoms with Crippen molar-refractivity contribution >= 4 is 35.8 Å². The van der Waals surface area contributed by atoms with Gasteiger partial charge in [0.25, 0.3) is 0 Å². The van der Waals surface area contributed by atoms with Crippen LogP contribution in [0.25, 0.3) is 0 Å². The SMILES string of the molecule is O=P([O-])([O-])[O-].[CH3][Na].[Na+].[Na+].[Na+]. The van der Waals surface area contributed by atoms with Crippen molar-refractivity contribution < 1.29 is 108 Å². The third-order valence-corrected chi connectivity index (χ3v) is 0. The summed E-state index contributed by atoms with van der Waals surface area (Å²) in [5, 5.41) is 0. The molecule has 0 N–H and O–H groups in total. The fraction of sp³-hybridized carbons (Fsp3) is 1.00. The van der Waals surface area contributed by atoms with Crippen LogP contribution in [-0.4, -0.2) is 27.9 Å². The van der Waals surface area contributed by atoms with Crippen molar-refractivity contribution in [2.45, 2.75) is 4.17 Å². The molecule has 0 rings (SSSR count). The van der Waals surface area contributed by atoms with E-state index in [-0.39, 0.29) is 88.7 Å². The maximum absolute atomic E-state index is 8.55. The van der Waals surface area contributed by atoms with Gasteiger partial charge in [-0.3, -0.25) is 0 Å². The molecule has 0 spiro atoms. The molecule has 0 aromatic rings. The summed E-state index contributed by atoms with van der Waals surface area (Å²) in [6.07, 6.45) is 0. The van der Waals surface area contributed by atoms with Crippen molar-refractivity contribution in [3.05, 3.63) is 0 Å². The molecule has 9 heteroatoms. The number of phosphoric acid groups is 1. The molecular formula is CH3Na4O4P. The second-order valence-electron chi connectivity index (χ2n) is 0.447. The molecule has 10 heavy (non-hydrogen) atoms. The summed E-state index contributed by atoms with van der Waals surface area (Å²) < 4.78 is 10.7. The molecule has 4 nitrogen and oxygen atoms in total. The number of hydrogen-bond acceptors (Lipinski definition) is 4. The minimum Gasteiger partial charge on any atom is 1.00 e. The van der Waals surface area contributed by atoms with Gasteiger partial charge >= 0.3 is 121 Å². The minimum absolute atomic E-state index is 0. The van der Waals surface area contributed by atoms with Gasteiger partial charge in [-0.05, 0) is 0 Å². The molecular weight excluding hydrogens is 199 g/mol. The van der Waals surface area contributed by atoms with Gasteiger partial charge in [0, 0.05) is 0 Å². The first kappa shape index (κ1) is 29.2.